The zero-order valence-corrected chi connectivity index (χ0v) is 12.5. The molecule has 0 saturated carbocycles. The van der Waals surface area contributed by atoms with Gasteiger partial charge in [-0.2, -0.15) is 5.10 Å². The number of rotatable bonds is 7. The number of nitrogens with one attached hydrogen (secondary N) is 2. The van der Waals surface area contributed by atoms with Crippen LogP contribution in [-0.4, -0.2) is 33.8 Å². The van der Waals surface area contributed by atoms with Crippen LogP contribution in [0.4, 0.5) is 5.82 Å². The number of aromatic nitrogens is 3. The SMILES string of the molecule is CCCNc1ccc(C(=O)NCCn2cc(C)cn2)cn1. The molecule has 1 amide bonds. The van der Waals surface area contributed by atoms with Gasteiger partial charge in [0, 0.05) is 25.5 Å². The van der Waals surface area contributed by atoms with Crippen LogP contribution in [0.1, 0.15) is 29.3 Å². The third-order valence-corrected chi connectivity index (χ3v) is 2.97. The highest BCUT2D eigenvalue weighted by Gasteiger charge is 2.05. The molecule has 0 fully saturated rings. The topological polar surface area (TPSA) is 71.8 Å². The first kappa shape index (κ1) is 15.0. The second-order valence-corrected chi connectivity index (χ2v) is 4.90. The number of carbonyl (C=O) groups is 1. The average molecular weight is 287 g/mol. The smallest absolute Gasteiger partial charge is 0.252 e. The highest BCUT2D eigenvalue weighted by molar-refractivity contribution is 5.93. The van der Waals surface area contributed by atoms with Crippen LogP contribution in [0, 0.1) is 6.92 Å². The molecule has 6 nitrogen and oxygen atoms in total. The summed E-state index contributed by atoms with van der Waals surface area (Å²) in [6.07, 6.45) is 6.37. The lowest BCUT2D eigenvalue weighted by atomic mass is 10.2. The molecule has 2 N–H and O–H groups in total. The van der Waals surface area contributed by atoms with Crippen LogP contribution in [0.5, 0.6) is 0 Å². The predicted octanol–water partition coefficient (Wildman–Crippen LogP) is 1.84. The molecule has 2 rings (SSSR count). The van der Waals surface area contributed by atoms with Crippen molar-refractivity contribution in [1.82, 2.24) is 20.1 Å². The molecule has 2 aromatic heterocycles. The Kier molecular flexibility index (Phi) is 5.31. The number of hydrogen-bond donors (Lipinski definition) is 2. The van der Waals surface area contributed by atoms with Gasteiger partial charge in [0.2, 0.25) is 0 Å². The van der Waals surface area contributed by atoms with Gasteiger partial charge >= 0.3 is 0 Å². The zero-order chi connectivity index (χ0) is 15.1. The molecular weight excluding hydrogens is 266 g/mol. The lowest BCUT2D eigenvalue weighted by Crippen LogP contribution is -2.27. The summed E-state index contributed by atoms with van der Waals surface area (Å²) in [6, 6.07) is 3.60. The number of pyridine rings is 1. The van der Waals surface area contributed by atoms with Crippen molar-refractivity contribution in [1.29, 1.82) is 0 Å². The molecule has 2 aromatic rings. The average Bonchev–Trinajstić information content (AvgIpc) is 2.91. The predicted molar refractivity (Wildman–Crippen MR) is 82.3 cm³/mol. The summed E-state index contributed by atoms with van der Waals surface area (Å²) >= 11 is 0. The fourth-order valence-corrected chi connectivity index (χ4v) is 1.86. The van der Waals surface area contributed by atoms with Crippen molar-refractivity contribution < 1.29 is 4.79 Å². The summed E-state index contributed by atoms with van der Waals surface area (Å²) < 4.78 is 1.81. The molecular formula is C15H21N5O. The van der Waals surface area contributed by atoms with Crippen LogP contribution in [0.15, 0.2) is 30.7 Å². The van der Waals surface area contributed by atoms with Gasteiger partial charge in [0.15, 0.2) is 0 Å². The van der Waals surface area contributed by atoms with E-state index in [4.69, 9.17) is 0 Å². The first-order chi connectivity index (χ1) is 10.2. The second kappa shape index (κ2) is 7.42. The van der Waals surface area contributed by atoms with Crippen molar-refractivity contribution in [2.75, 3.05) is 18.4 Å². The zero-order valence-electron chi connectivity index (χ0n) is 12.5. The molecule has 0 atom stereocenters. The summed E-state index contributed by atoms with van der Waals surface area (Å²) in [4.78, 5) is 16.2. The first-order valence-electron chi connectivity index (χ1n) is 7.16. The van der Waals surface area contributed by atoms with Gasteiger partial charge in [-0.05, 0) is 31.0 Å². The monoisotopic (exact) mass is 287 g/mol. The van der Waals surface area contributed by atoms with E-state index in [-0.39, 0.29) is 5.91 Å². The standard InChI is InChI=1S/C15H21N5O/c1-3-6-16-14-5-4-13(10-18-14)15(21)17-7-8-20-11-12(2)9-19-20/h4-5,9-11H,3,6-8H2,1-2H3,(H,16,18)(H,17,21). The Morgan fingerprint density at radius 1 is 1.29 bits per heavy atom. The van der Waals surface area contributed by atoms with Gasteiger partial charge in [0.25, 0.3) is 5.91 Å². The van der Waals surface area contributed by atoms with Crippen molar-refractivity contribution in [3.63, 3.8) is 0 Å². The Hall–Kier alpha value is -2.37. The van der Waals surface area contributed by atoms with Crippen molar-refractivity contribution in [3.8, 4) is 0 Å². The van der Waals surface area contributed by atoms with Crippen molar-refractivity contribution in [3.05, 3.63) is 41.9 Å². The molecule has 0 radical (unpaired) electrons. The Morgan fingerprint density at radius 2 is 2.14 bits per heavy atom. The summed E-state index contributed by atoms with van der Waals surface area (Å²) in [5.74, 6) is 0.675. The minimum absolute atomic E-state index is 0.117. The fourth-order valence-electron chi connectivity index (χ4n) is 1.86. The number of aryl methyl sites for hydroxylation is 1. The number of carbonyl (C=O) groups excluding carboxylic acids is 1. The molecule has 2 heterocycles. The van der Waals surface area contributed by atoms with Crippen molar-refractivity contribution >= 4 is 11.7 Å². The molecule has 112 valence electrons. The molecule has 6 heteroatoms. The van der Waals surface area contributed by atoms with Gasteiger partial charge < -0.3 is 10.6 Å². The van der Waals surface area contributed by atoms with Gasteiger partial charge in [0.05, 0.1) is 18.3 Å². The molecule has 0 aliphatic heterocycles. The summed E-state index contributed by atoms with van der Waals surface area (Å²) in [5.41, 5.74) is 1.68. The molecule has 0 spiro atoms. The second-order valence-electron chi connectivity index (χ2n) is 4.90. The molecule has 0 unspecified atom stereocenters. The molecule has 0 aromatic carbocycles. The molecule has 0 aliphatic carbocycles. The van der Waals surface area contributed by atoms with Gasteiger partial charge in [-0.3, -0.25) is 9.48 Å². The molecule has 0 bridgehead atoms. The number of hydrogen-bond acceptors (Lipinski definition) is 4. The lowest BCUT2D eigenvalue weighted by Gasteiger charge is -2.07. The lowest BCUT2D eigenvalue weighted by molar-refractivity contribution is 0.0951. The minimum Gasteiger partial charge on any atom is -0.370 e. The Morgan fingerprint density at radius 3 is 2.76 bits per heavy atom. The number of amides is 1. The van der Waals surface area contributed by atoms with E-state index < -0.39 is 0 Å². The van der Waals surface area contributed by atoms with Gasteiger partial charge in [0.1, 0.15) is 5.82 Å². The largest absolute Gasteiger partial charge is 0.370 e. The minimum atomic E-state index is -0.117. The van der Waals surface area contributed by atoms with Crippen LogP contribution in [-0.2, 0) is 6.54 Å². The van der Waals surface area contributed by atoms with Crippen LogP contribution in [0.25, 0.3) is 0 Å². The van der Waals surface area contributed by atoms with Gasteiger partial charge in [-0.15, -0.1) is 0 Å². The van der Waals surface area contributed by atoms with Crippen molar-refractivity contribution in [2.24, 2.45) is 0 Å². The Bertz CT molecular complexity index is 576. The molecule has 21 heavy (non-hydrogen) atoms. The van der Waals surface area contributed by atoms with Gasteiger partial charge in [-0.1, -0.05) is 6.92 Å². The molecule has 0 aliphatic rings. The van der Waals surface area contributed by atoms with Crippen LogP contribution in [0.3, 0.4) is 0 Å². The van der Waals surface area contributed by atoms with Crippen molar-refractivity contribution in [2.45, 2.75) is 26.8 Å². The van der Waals surface area contributed by atoms with E-state index in [1.807, 2.05) is 23.9 Å². The third kappa shape index (κ3) is 4.59. The van der Waals surface area contributed by atoms with E-state index in [0.717, 1.165) is 24.3 Å². The Balaban J connectivity index is 1.79. The fraction of sp³-hybridized carbons (Fsp3) is 0.400. The maximum absolute atomic E-state index is 12.0. The van der Waals surface area contributed by atoms with Crippen LogP contribution < -0.4 is 10.6 Å². The van der Waals surface area contributed by atoms with E-state index in [2.05, 4.69) is 27.6 Å². The number of nitrogens with zero attached hydrogens (tertiary/aromatic N) is 3. The highest BCUT2D eigenvalue weighted by atomic mass is 16.1. The van der Waals surface area contributed by atoms with E-state index in [0.29, 0.717) is 18.7 Å². The quantitative estimate of drug-likeness (QED) is 0.815. The Labute approximate surface area is 124 Å². The van der Waals surface area contributed by atoms with E-state index in [1.54, 1.807) is 18.5 Å². The maximum atomic E-state index is 12.0. The normalized spacial score (nSPS) is 10.4. The molecule has 0 saturated heterocycles. The van der Waals surface area contributed by atoms with E-state index in [9.17, 15) is 4.79 Å². The first-order valence-corrected chi connectivity index (χ1v) is 7.16. The third-order valence-electron chi connectivity index (χ3n) is 2.97. The van der Waals surface area contributed by atoms with Gasteiger partial charge in [-0.25, -0.2) is 4.98 Å². The van der Waals surface area contributed by atoms with Crippen LogP contribution in [0.2, 0.25) is 0 Å². The number of anilines is 1. The van der Waals surface area contributed by atoms with E-state index in [1.165, 1.54) is 0 Å². The highest BCUT2D eigenvalue weighted by Crippen LogP contribution is 2.05. The maximum Gasteiger partial charge on any atom is 0.252 e. The summed E-state index contributed by atoms with van der Waals surface area (Å²) in [5, 5.41) is 10.2. The summed E-state index contributed by atoms with van der Waals surface area (Å²) in [6.45, 7) is 6.15. The van der Waals surface area contributed by atoms with Crippen LogP contribution >= 0.6 is 0 Å². The summed E-state index contributed by atoms with van der Waals surface area (Å²) in [7, 11) is 0. The van der Waals surface area contributed by atoms with E-state index >= 15 is 0 Å².